The number of aryl methyl sites for hydroxylation is 1. The number of hydrogen-bond donors (Lipinski definition) is 1. The molecule has 0 aliphatic heterocycles. The van der Waals surface area contributed by atoms with E-state index in [0.29, 0.717) is 18.4 Å². The van der Waals surface area contributed by atoms with Crippen LogP contribution in [0.15, 0.2) is 16.2 Å². The molecule has 1 aromatic heterocycles. The molecule has 1 saturated carbocycles. The zero-order chi connectivity index (χ0) is 12.8. The number of nitrogens with one attached hydrogen (secondary N) is 1. The van der Waals surface area contributed by atoms with Crippen LogP contribution < -0.4 is 5.32 Å². The largest absolute Gasteiger partial charge is 0.340 e. The molecule has 18 heavy (non-hydrogen) atoms. The highest BCUT2D eigenvalue weighted by atomic mass is 16.5. The van der Waals surface area contributed by atoms with Crippen molar-refractivity contribution in [3.8, 4) is 0 Å². The van der Waals surface area contributed by atoms with Crippen LogP contribution in [0.3, 0.4) is 0 Å². The van der Waals surface area contributed by atoms with Gasteiger partial charge in [0.05, 0.1) is 6.54 Å². The average molecular weight is 247 g/mol. The first-order valence-electron chi connectivity index (χ1n) is 6.79. The molecule has 1 fully saturated rings. The van der Waals surface area contributed by atoms with E-state index in [2.05, 4.69) is 35.4 Å². The molecule has 0 amide bonds. The molecule has 0 spiro atoms. The van der Waals surface area contributed by atoms with Gasteiger partial charge >= 0.3 is 0 Å². The molecule has 4 heteroatoms. The van der Waals surface area contributed by atoms with Gasteiger partial charge in [0.1, 0.15) is 0 Å². The highest BCUT2D eigenvalue weighted by molar-refractivity contribution is 5.27. The van der Waals surface area contributed by atoms with Crippen molar-refractivity contribution >= 4 is 0 Å². The SMILES string of the molecule is Cc1nc(CNC2(C)CC(C)C=C3CC3C2)no1. The topological polar surface area (TPSA) is 51.0 Å². The lowest BCUT2D eigenvalue weighted by Crippen LogP contribution is -2.43. The molecule has 1 aromatic rings. The summed E-state index contributed by atoms with van der Waals surface area (Å²) < 4.78 is 5.00. The number of nitrogens with zero attached hydrogens (tertiary/aromatic N) is 2. The van der Waals surface area contributed by atoms with Gasteiger partial charge in [-0.1, -0.05) is 23.7 Å². The first-order chi connectivity index (χ1) is 8.54. The number of rotatable bonds is 3. The van der Waals surface area contributed by atoms with Crippen LogP contribution in [-0.2, 0) is 6.54 Å². The molecule has 3 atom stereocenters. The van der Waals surface area contributed by atoms with Gasteiger partial charge in [0.15, 0.2) is 5.82 Å². The van der Waals surface area contributed by atoms with Crippen LogP contribution in [-0.4, -0.2) is 15.7 Å². The molecule has 0 radical (unpaired) electrons. The van der Waals surface area contributed by atoms with Crippen molar-refractivity contribution in [2.75, 3.05) is 0 Å². The molecule has 98 valence electrons. The third kappa shape index (κ3) is 2.48. The second kappa shape index (κ2) is 4.19. The third-order valence-corrected chi connectivity index (χ3v) is 4.06. The first kappa shape index (κ1) is 11.9. The molecule has 3 unspecified atom stereocenters. The molecule has 0 bridgehead atoms. The Labute approximate surface area is 108 Å². The zero-order valence-corrected chi connectivity index (χ0v) is 11.4. The van der Waals surface area contributed by atoms with Gasteiger partial charge in [0.2, 0.25) is 5.89 Å². The fraction of sp³-hybridized carbons (Fsp3) is 0.714. The van der Waals surface area contributed by atoms with Crippen molar-refractivity contribution in [3.05, 3.63) is 23.4 Å². The Hall–Kier alpha value is -1.16. The maximum atomic E-state index is 5.00. The van der Waals surface area contributed by atoms with Gasteiger partial charge in [-0.3, -0.25) is 0 Å². The van der Waals surface area contributed by atoms with Crippen molar-refractivity contribution < 1.29 is 4.52 Å². The lowest BCUT2D eigenvalue weighted by atomic mass is 9.86. The summed E-state index contributed by atoms with van der Waals surface area (Å²) in [6.45, 7) is 7.16. The first-order valence-corrected chi connectivity index (χ1v) is 6.79. The molecule has 4 nitrogen and oxygen atoms in total. The lowest BCUT2D eigenvalue weighted by molar-refractivity contribution is 0.271. The summed E-state index contributed by atoms with van der Waals surface area (Å²) in [5.41, 5.74) is 1.86. The predicted molar refractivity (Wildman–Crippen MR) is 68.9 cm³/mol. The van der Waals surface area contributed by atoms with Crippen molar-refractivity contribution in [1.82, 2.24) is 15.5 Å². The van der Waals surface area contributed by atoms with Crippen LogP contribution in [0, 0.1) is 18.8 Å². The summed E-state index contributed by atoms with van der Waals surface area (Å²) in [6.07, 6.45) is 6.20. The van der Waals surface area contributed by atoms with Gasteiger partial charge in [0.25, 0.3) is 0 Å². The minimum atomic E-state index is 0.188. The van der Waals surface area contributed by atoms with E-state index < -0.39 is 0 Å². The predicted octanol–water partition coefficient (Wildman–Crippen LogP) is 2.60. The maximum Gasteiger partial charge on any atom is 0.223 e. The Balaban J connectivity index is 1.64. The molecular formula is C14H21N3O. The van der Waals surface area contributed by atoms with Gasteiger partial charge in [0, 0.05) is 12.5 Å². The van der Waals surface area contributed by atoms with E-state index in [-0.39, 0.29) is 5.54 Å². The molecule has 1 N–H and O–H groups in total. The number of hydrogen-bond acceptors (Lipinski definition) is 4. The van der Waals surface area contributed by atoms with Crippen LogP contribution in [0.25, 0.3) is 0 Å². The summed E-state index contributed by atoms with van der Waals surface area (Å²) in [5.74, 6) is 2.88. The fourth-order valence-corrected chi connectivity index (χ4v) is 3.25. The van der Waals surface area contributed by atoms with E-state index >= 15 is 0 Å². The quantitative estimate of drug-likeness (QED) is 0.834. The van der Waals surface area contributed by atoms with Crippen molar-refractivity contribution in [3.63, 3.8) is 0 Å². The molecular weight excluding hydrogens is 226 g/mol. The smallest absolute Gasteiger partial charge is 0.223 e. The van der Waals surface area contributed by atoms with Gasteiger partial charge in [-0.15, -0.1) is 0 Å². The summed E-state index contributed by atoms with van der Waals surface area (Å²) in [6, 6.07) is 0. The molecule has 0 aromatic carbocycles. The monoisotopic (exact) mass is 247 g/mol. The van der Waals surface area contributed by atoms with E-state index in [1.165, 1.54) is 19.3 Å². The standard InChI is InChI=1S/C14H21N3O/c1-9-4-11-5-12(11)7-14(3,6-9)15-8-13-16-10(2)18-17-13/h4,9,12,15H,5-8H2,1-3H3. The Kier molecular flexibility index (Phi) is 2.77. The Bertz CT molecular complexity index is 479. The normalized spacial score (nSPS) is 34.7. The van der Waals surface area contributed by atoms with E-state index in [1.807, 2.05) is 6.92 Å². The Morgan fingerprint density at radius 2 is 2.33 bits per heavy atom. The van der Waals surface area contributed by atoms with E-state index in [0.717, 1.165) is 11.7 Å². The molecule has 2 aliphatic rings. The minimum absolute atomic E-state index is 0.188. The van der Waals surface area contributed by atoms with Gasteiger partial charge in [-0.05, 0) is 38.0 Å². The minimum Gasteiger partial charge on any atom is -0.340 e. The average Bonchev–Trinajstić information content (AvgIpc) is 2.85. The summed E-state index contributed by atoms with van der Waals surface area (Å²) in [4.78, 5) is 4.24. The van der Waals surface area contributed by atoms with Crippen molar-refractivity contribution in [1.29, 1.82) is 0 Å². The van der Waals surface area contributed by atoms with Gasteiger partial charge < -0.3 is 9.84 Å². The second-order valence-electron chi connectivity index (χ2n) is 6.17. The molecule has 2 aliphatic carbocycles. The van der Waals surface area contributed by atoms with Crippen molar-refractivity contribution in [2.24, 2.45) is 11.8 Å². The number of fused-ring (bicyclic) bond motifs is 1. The lowest BCUT2D eigenvalue weighted by Gasteiger charge is -2.31. The molecule has 0 saturated heterocycles. The highest BCUT2D eigenvalue weighted by Crippen LogP contribution is 2.48. The van der Waals surface area contributed by atoms with Crippen LogP contribution in [0.1, 0.15) is 44.8 Å². The summed E-state index contributed by atoms with van der Waals surface area (Å²) >= 11 is 0. The van der Waals surface area contributed by atoms with E-state index in [1.54, 1.807) is 5.57 Å². The maximum absolute atomic E-state index is 5.00. The summed E-state index contributed by atoms with van der Waals surface area (Å²) in [5, 5.41) is 7.58. The number of allylic oxidation sites excluding steroid dienone is 2. The van der Waals surface area contributed by atoms with Gasteiger partial charge in [-0.2, -0.15) is 4.98 Å². The van der Waals surface area contributed by atoms with E-state index in [9.17, 15) is 0 Å². The highest BCUT2D eigenvalue weighted by Gasteiger charge is 2.40. The van der Waals surface area contributed by atoms with Gasteiger partial charge in [-0.25, -0.2) is 0 Å². The second-order valence-corrected chi connectivity index (χ2v) is 6.17. The molecule has 1 heterocycles. The zero-order valence-electron chi connectivity index (χ0n) is 11.4. The van der Waals surface area contributed by atoms with Crippen LogP contribution >= 0.6 is 0 Å². The Morgan fingerprint density at radius 3 is 3.06 bits per heavy atom. The van der Waals surface area contributed by atoms with Crippen LogP contribution in [0.2, 0.25) is 0 Å². The van der Waals surface area contributed by atoms with E-state index in [4.69, 9.17) is 4.52 Å². The fourth-order valence-electron chi connectivity index (χ4n) is 3.25. The Morgan fingerprint density at radius 1 is 1.50 bits per heavy atom. The molecule has 3 rings (SSSR count). The number of aromatic nitrogens is 2. The van der Waals surface area contributed by atoms with Crippen LogP contribution in [0.4, 0.5) is 0 Å². The van der Waals surface area contributed by atoms with Crippen LogP contribution in [0.5, 0.6) is 0 Å². The third-order valence-electron chi connectivity index (χ3n) is 4.06. The van der Waals surface area contributed by atoms with Crippen molar-refractivity contribution in [2.45, 2.75) is 52.1 Å². The summed E-state index contributed by atoms with van der Waals surface area (Å²) in [7, 11) is 0.